The van der Waals surface area contributed by atoms with Crippen molar-refractivity contribution in [2.45, 2.75) is 0 Å². The van der Waals surface area contributed by atoms with Gasteiger partial charge in [0.15, 0.2) is 0 Å². The molecule has 4 nitrogen and oxygen atoms in total. The van der Waals surface area contributed by atoms with Crippen molar-refractivity contribution in [3.8, 4) is 0 Å². The Balaban J connectivity index is 1.94. The highest BCUT2D eigenvalue weighted by atomic mass is 32.2. The Labute approximate surface area is 101 Å². The minimum atomic E-state index is -0.919. The molecule has 1 unspecified atom stereocenters. The molecule has 1 fully saturated rings. The standard InChI is InChI=1S/C10H14N2O2S2/c1-16(14)12-6-4-11(5-7-12)10(13)9-3-2-8-15-9/h2-3,8H,4-7H2,1H3. The zero-order valence-corrected chi connectivity index (χ0v) is 10.7. The maximum absolute atomic E-state index is 12.0. The number of thiophene rings is 1. The predicted molar refractivity (Wildman–Crippen MR) is 65.9 cm³/mol. The van der Waals surface area contributed by atoms with Crippen molar-refractivity contribution in [1.29, 1.82) is 0 Å². The maximum atomic E-state index is 12.0. The molecule has 1 aromatic heterocycles. The van der Waals surface area contributed by atoms with E-state index in [9.17, 15) is 9.00 Å². The Morgan fingerprint density at radius 1 is 1.38 bits per heavy atom. The molecule has 16 heavy (non-hydrogen) atoms. The summed E-state index contributed by atoms with van der Waals surface area (Å²) < 4.78 is 13.1. The molecule has 2 heterocycles. The summed E-state index contributed by atoms with van der Waals surface area (Å²) in [7, 11) is -0.919. The molecule has 2 rings (SSSR count). The lowest BCUT2D eigenvalue weighted by Gasteiger charge is -2.32. The van der Waals surface area contributed by atoms with E-state index in [4.69, 9.17) is 0 Å². The zero-order chi connectivity index (χ0) is 11.5. The average molecular weight is 258 g/mol. The van der Waals surface area contributed by atoms with Crippen LogP contribution >= 0.6 is 11.3 Å². The Morgan fingerprint density at radius 2 is 2.06 bits per heavy atom. The van der Waals surface area contributed by atoms with Gasteiger partial charge in [-0.2, -0.15) is 0 Å². The van der Waals surface area contributed by atoms with Crippen LogP contribution in [-0.4, -0.2) is 51.8 Å². The first-order chi connectivity index (χ1) is 7.68. The first kappa shape index (κ1) is 11.8. The van der Waals surface area contributed by atoms with E-state index in [0.29, 0.717) is 26.2 Å². The van der Waals surface area contributed by atoms with Gasteiger partial charge in [-0.3, -0.25) is 4.79 Å². The Kier molecular flexibility index (Phi) is 3.73. The van der Waals surface area contributed by atoms with Gasteiger partial charge in [0.25, 0.3) is 5.91 Å². The van der Waals surface area contributed by atoms with E-state index in [-0.39, 0.29) is 5.91 Å². The van der Waals surface area contributed by atoms with E-state index in [1.54, 1.807) is 6.26 Å². The van der Waals surface area contributed by atoms with Crippen molar-refractivity contribution >= 4 is 28.2 Å². The lowest BCUT2D eigenvalue weighted by atomic mass is 10.3. The summed E-state index contributed by atoms with van der Waals surface area (Å²) in [5.74, 6) is 0.0940. The van der Waals surface area contributed by atoms with Crippen molar-refractivity contribution in [3.63, 3.8) is 0 Å². The summed E-state index contributed by atoms with van der Waals surface area (Å²) >= 11 is 1.47. The van der Waals surface area contributed by atoms with Gasteiger partial charge < -0.3 is 4.90 Å². The smallest absolute Gasteiger partial charge is 0.264 e. The average Bonchev–Trinajstić information content (AvgIpc) is 2.81. The molecule has 0 bridgehead atoms. The lowest BCUT2D eigenvalue weighted by molar-refractivity contribution is 0.0706. The molecule has 1 saturated heterocycles. The summed E-state index contributed by atoms with van der Waals surface area (Å²) in [6.07, 6.45) is 1.68. The topological polar surface area (TPSA) is 40.6 Å². The second-order valence-corrected chi connectivity index (χ2v) is 5.93. The minimum Gasteiger partial charge on any atom is -0.335 e. The number of carbonyl (C=O) groups is 1. The molecule has 0 aromatic carbocycles. The molecule has 1 aliphatic heterocycles. The van der Waals surface area contributed by atoms with Gasteiger partial charge >= 0.3 is 0 Å². The molecule has 6 heteroatoms. The van der Waals surface area contributed by atoms with Crippen LogP contribution < -0.4 is 0 Å². The van der Waals surface area contributed by atoms with Crippen molar-refractivity contribution in [3.05, 3.63) is 22.4 Å². The van der Waals surface area contributed by atoms with Gasteiger partial charge in [-0.15, -0.1) is 11.3 Å². The molecule has 1 aliphatic rings. The summed E-state index contributed by atoms with van der Waals surface area (Å²) in [6.45, 7) is 2.72. The van der Waals surface area contributed by atoms with E-state index in [1.165, 1.54) is 11.3 Å². The summed E-state index contributed by atoms with van der Waals surface area (Å²) in [6, 6.07) is 3.73. The number of piperazine rings is 1. The third-order valence-electron chi connectivity index (χ3n) is 2.62. The van der Waals surface area contributed by atoms with Gasteiger partial charge in [0.1, 0.15) is 0 Å². The van der Waals surface area contributed by atoms with Gasteiger partial charge in [0.2, 0.25) is 0 Å². The molecule has 88 valence electrons. The second-order valence-electron chi connectivity index (χ2n) is 3.62. The predicted octanol–water partition coefficient (Wildman–Crippen LogP) is 0.799. The molecule has 0 aliphatic carbocycles. The molecular formula is C10H14N2O2S2. The molecule has 0 spiro atoms. The number of rotatable bonds is 2. The monoisotopic (exact) mass is 258 g/mol. The van der Waals surface area contributed by atoms with E-state index >= 15 is 0 Å². The molecule has 1 atom stereocenters. The van der Waals surface area contributed by atoms with Gasteiger partial charge in [-0.1, -0.05) is 6.07 Å². The first-order valence-electron chi connectivity index (χ1n) is 5.10. The summed E-state index contributed by atoms with van der Waals surface area (Å²) in [4.78, 5) is 14.6. The second kappa shape index (κ2) is 5.07. The highest BCUT2D eigenvalue weighted by Crippen LogP contribution is 2.14. The van der Waals surface area contributed by atoms with E-state index < -0.39 is 11.0 Å². The normalized spacial score (nSPS) is 19.7. The number of nitrogens with zero attached hydrogens (tertiary/aromatic N) is 2. The Bertz CT molecular complexity index is 384. The molecule has 1 amide bonds. The molecule has 0 radical (unpaired) electrons. The van der Waals surface area contributed by atoms with Crippen LogP contribution in [0.2, 0.25) is 0 Å². The first-order valence-corrected chi connectivity index (χ1v) is 7.49. The Morgan fingerprint density at radius 3 is 2.56 bits per heavy atom. The molecule has 0 N–H and O–H groups in total. The van der Waals surface area contributed by atoms with Crippen LogP contribution in [-0.2, 0) is 11.0 Å². The number of hydrogen-bond donors (Lipinski definition) is 0. The summed E-state index contributed by atoms with van der Waals surface area (Å²) in [5, 5.41) is 1.91. The fourth-order valence-corrected chi connectivity index (χ4v) is 3.07. The van der Waals surface area contributed by atoms with Crippen molar-refractivity contribution in [2.24, 2.45) is 0 Å². The summed E-state index contributed by atoms with van der Waals surface area (Å²) in [5.41, 5.74) is 0. The minimum absolute atomic E-state index is 0.0940. The lowest BCUT2D eigenvalue weighted by Crippen LogP contribution is -2.48. The fraction of sp³-hybridized carbons (Fsp3) is 0.500. The quantitative estimate of drug-likeness (QED) is 0.787. The third kappa shape index (κ3) is 2.50. The van der Waals surface area contributed by atoms with Gasteiger partial charge in [-0.25, -0.2) is 8.51 Å². The van der Waals surface area contributed by atoms with Crippen LogP contribution in [0.4, 0.5) is 0 Å². The zero-order valence-electron chi connectivity index (χ0n) is 9.09. The highest BCUT2D eigenvalue weighted by molar-refractivity contribution is 7.81. The number of hydrogen-bond acceptors (Lipinski definition) is 3. The van der Waals surface area contributed by atoms with Crippen molar-refractivity contribution < 1.29 is 9.00 Å². The van der Waals surface area contributed by atoms with Crippen LogP contribution in [0, 0.1) is 0 Å². The highest BCUT2D eigenvalue weighted by Gasteiger charge is 2.23. The van der Waals surface area contributed by atoms with Crippen LogP contribution in [0.3, 0.4) is 0 Å². The largest absolute Gasteiger partial charge is 0.335 e. The van der Waals surface area contributed by atoms with Crippen LogP contribution in [0.15, 0.2) is 17.5 Å². The van der Waals surface area contributed by atoms with Crippen molar-refractivity contribution in [2.75, 3.05) is 32.4 Å². The van der Waals surface area contributed by atoms with Gasteiger partial charge in [0.05, 0.1) is 15.9 Å². The molecule has 0 saturated carbocycles. The van der Waals surface area contributed by atoms with E-state index in [1.807, 2.05) is 26.7 Å². The van der Waals surface area contributed by atoms with Crippen LogP contribution in [0.5, 0.6) is 0 Å². The van der Waals surface area contributed by atoms with Crippen molar-refractivity contribution in [1.82, 2.24) is 9.21 Å². The third-order valence-corrected chi connectivity index (χ3v) is 4.57. The Hall–Kier alpha value is -0.720. The van der Waals surface area contributed by atoms with E-state index in [0.717, 1.165) is 4.88 Å². The van der Waals surface area contributed by atoms with Gasteiger partial charge in [0, 0.05) is 32.4 Å². The molecular weight excluding hydrogens is 244 g/mol. The van der Waals surface area contributed by atoms with Crippen LogP contribution in [0.1, 0.15) is 9.67 Å². The number of carbonyl (C=O) groups excluding carboxylic acids is 1. The fourth-order valence-electron chi connectivity index (χ4n) is 1.70. The maximum Gasteiger partial charge on any atom is 0.264 e. The SMILES string of the molecule is CS(=O)N1CCN(C(=O)c2cccs2)CC1. The van der Waals surface area contributed by atoms with Crippen LogP contribution in [0.25, 0.3) is 0 Å². The van der Waals surface area contributed by atoms with E-state index in [2.05, 4.69) is 0 Å². The number of amides is 1. The molecule has 1 aromatic rings. The van der Waals surface area contributed by atoms with Gasteiger partial charge in [-0.05, 0) is 11.4 Å².